The van der Waals surface area contributed by atoms with E-state index in [2.05, 4.69) is 10.3 Å². The predicted octanol–water partition coefficient (Wildman–Crippen LogP) is 1.36. The molecule has 2 heterocycles. The summed E-state index contributed by atoms with van der Waals surface area (Å²) in [6.07, 6.45) is 3.51. The van der Waals surface area contributed by atoms with E-state index in [9.17, 15) is 4.79 Å². The first-order valence-corrected chi connectivity index (χ1v) is 5.16. The first-order valence-electron chi connectivity index (χ1n) is 5.16. The minimum absolute atomic E-state index is 0.0188. The Bertz CT molecular complexity index is 493. The van der Waals surface area contributed by atoms with E-state index in [1.807, 2.05) is 24.3 Å². The van der Waals surface area contributed by atoms with Gasteiger partial charge in [-0.3, -0.25) is 4.79 Å². The van der Waals surface area contributed by atoms with Crippen molar-refractivity contribution in [2.45, 2.75) is 6.54 Å². The lowest BCUT2D eigenvalue weighted by atomic mass is 10.4. The normalized spacial score (nSPS) is 10.0. The molecule has 0 bridgehead atoms. The highest BCUT2D eigenvalue weighted by molar-refractivity contribution is 5.32. The second kappa shape index (κ2) is 5.11. The smallest absolute Gasteiger partial charge is 0.250 e. The number of aromatic nitrogens is 2. The van der Waals surface area contributed by atoms with Crippen molar-refractivity contribution in [1.29, 1.82) is 0 Å². The summed E-state index contributed by atoms with van der Waals surface area (Å²) in [7, 11) is 0. The van der Waals surface area contributed by atoms with Gasteiger partial charge in [0.15, 0.2) is 0 Å². The van der Waals surface area contributed by atoms with Gasteiger partial charge < -0.3 is 9.88 Å². The van der Waals surface area contributed by atoms with Gasteiger partial charge >= 0.3 is 0 Å². The average Bonchev–Trinajstić information content (AvgIpc) is 2.33. The third kappa shape index (κ3) is 2.70. The van der Waals surface area contributed by atoms with Crippen LogP contribution in [-0.2, 0) is 6.54 Å². The third-order valence-electron chi connectivity index (χ3n) is 2.22. The molecular formula is C12H13N3O. The number of anilines is 1. The highest BCUT2D eigenvalue weighted by Crippen LogP contribution is 1.98. The molecule has 2 rings (SSSR count). The van der Waals surface area contributed by atoms with E-state index in [-0.39, 0.29) is 5.56 Å². The SMILES string of the molecule is O=c1ccccn1CCNc1ccccn1. The lowest BCUT2D eigenvalue weighted by Crippen LogP contribution is -2.22. The van der Waals surface area contributed by atoms with Crippen molar-refractivity contribution in [2.75, 3.05) is 11.9 Å². The summed E-state index contributed by atoms with van der Waals surface area (Å²) in [5, 5.41) is 3.15. The van der Waals surface area contributed by atoms with Crippen molar-refractivity contribution >= 4 is 5.82 Å². The molecule has 0 spiro atoms. The van der Waals surface area contributed by atoms with Gasteiger partial charge in [-0.05, 0) is 18.2 Å². The van der Waals surface area contributed by atoms with Gasteiger partial charge in [0.25, 0.3) is 5.56 Å². The van der Waals surface area contributed by atoms with Crippen LogP contribution in [0.15, 0.2) is 53.6 Å². The standard InChI is InChI=1S/C12H13N3O/c16-12-6-2-4-9-15(12)10-8-14-11-5-1-3-7-13-11/h1-7,9H,8,10H2,(H,13,14). The van der Waals surface area contributed by atoms with Crippen LogP contribution in [0, 0.1) is 0 Å². The zero-order chi connectivity index (χ0) is 11.2. The first kappa shape index (κ1) is 10.4. The second-order valence-electron chi connectivity index (χ2n) is 3.37. The largest absolute Gasteiger partial charge is 0.368 e. The minimum atomic E-state index is 0.0188. The summed E-state index contributed by atoms with van der Waals surface area (Å²) < 4.78 is 1.66. The Hall–Kier alpha value is -2.10. The van der Waals surface area contributed by atoms with Crippen molar-refractivity contribution < 1.29 is 0 Å². The fraction of sp³-hybridized carbons (Fsp3) is 0.167. The zero-order valence-electron chi connectivity index (χ0n) is 8.84. The van der Waals surface area contributed by atoms with E-state index in [0.29, 0.717) is 13.1 Å². The number of nitrogens with one attached hydrogen (secondary N) is 1. The van der Waals surface area contributed by atoms with Crippen molar-refractivity contribution in [3.05, 3.63) is 59.1 Å². The van der Waals surface area contributed by atoms with Gasteiger partial charge in [0.2, 0.25) is 0 Å². The van der Waals surface area contributed by atoms with Gasteiger partial charge in [0, 0.05) is 31.5 Å². The van der Waals surface area contributed by atoms with E-state index in [1.54, 1.807) is 29.1 Å². The molecule has 4 heteroatoms. The fourth-order valence-corrected chi connectivity index (χ4v) is 1.42. The van der Waals surface area contributed by atoms with Crippen LogP contribution < -0.4 is 10.9 Å². The Morgan fingerprint density at radius 2 is 2.06 bits per heavy atom. The number of rotatable bonds is 4. The van der Waals surface area contributed by atoms with Crippen LogP contribution in [0.25, 0.3) is 0 Å². The monoisotopic (exact) mass is 215 g/mol. The van der Waals surface area contributed by atoms with Gasteiger partial charge in [-0.15, -0.1) is 0 Å². The number of hydrogen-bond donors (Lipinski definition) is 1. The summed E-state index contributed by atoms with van der Waals surface area (Å²) in [5.41, 5.74) is 0.0188. The molecule has 0 radical (unpaired) electrons. The number of pyridine rings is 2. The maximum absolute atomic E-state index is 11.4. The summed E-state index contributed by atoms with van der Waals surface area (Å²) in [4.78, 5) is 15.5. The van der Waals surface area contributed by atoms with Crippen LogP contribution in [0.1, 0.15) is 0 Å². The van der Waals surface area contributed by atoms with Crippen LogP contribution in [0.3, 0.4) is 0 Å². The van der Waals surface area contributed by atoms with E-state index >= 15 is 0 Å². The molecule has 0 atom stereocenters. The molecule has 82 valence electrons. The maximum Gasteiger partial charge on any atom is 0.250 e. The van der Waals surface area contributed by atoms with Gasteiger partial charge in [-0.2, -0.15) is 0 Å². The summed E-state index contributed by atoms with van der Waals surface area (Å²) in [6.45, 7) is 1.32. The highest BCUT2D eigenvalue weighted by Gasteiger charge is 1.94. The lowest BCUT2D eigenvalue weighted by Gasteiger charge is -2.06. The van der Waals surface area contributed by atoms with E-state index in [0.717, 1.165) is 5.82 Å². The third-order valence-corrected chi connectivity index (χ3v) is 2.22. The molecule has 0 aliphatic carbocycles. The topological polar surface area (TPSA) is 46.9 Å². The molecule has 0 unspecified atom stereocenters. The Labute approximate surface area is 93.6 Å². The van der Waals surface area contributed by atoms with Crippen LogP contribution in [0.5, 0.6) is 0 Å². The molecule has 0 saturated carbocycles. The average molecular weight is 215 g/mol. The molecule has 16 heavy (non-hydrogen) atoms. The van der Waals surface area contributed by atoms with Gasteiger partial charge in [-0.1, -0.05) is 12.1 Å². The quantitative estimate of drug-likeness (QED) is 0.837. The summed E-state index contributed by atoms with van der Waals surface area (Å²) in [6, 6.07) is 10.8. The van der Waals surface area contributed by atoms with Crippen LogP contribution in [0.4, 0.5) is 5.82 Å². The molecule has 2 aromatic rings. The second-order valence-corrected chi connectivity index (χ2v) is 3.37. The molecule has 0 saturated heterocycles. The Morgan fingerprint density at radius 1 is 1.19 bits per heavy atom. The minimum Gasteiger partial charge on any atom is -0.368 e. The Morgan fingerprint density at radius 3 is 2.81 bits per heavy atom. The van der Waals surface area contributed by atoms with E-state index < -0.39 is 0 Å². The van der Waals surface area contributed by atoms with Crippen molar-refractivity contribution in [1.82, 2.24) is 9.55 Å². The Balaban J connectivity index is 1.90. The molecule has 0 fully saturated rings. The van der Waals surface area contributed by atoms with Crippen LogP contribution in [0.2, 0.25) is 0 Å². The maximum atomic E-state index is 11.4. The molecule has 0 amide bonds. The van der Waals surface area contributed by atoms with Crippen molar-refractivity contribution in [3.63, 3.8) is 0 Å². The van der Waals surface area contributed by atoms with Gasteiger partial charge in [0.1, 0.15) is 5.82 Å². The first-order chi connectivity index (χ1) is 7.86. The highest BCUT2D eigenvalue weighted by atomic mass is 16.1. The summed E-state index contributed by atoms with van der Waals surface area (Å²) >= 11 is 0. The predicted molar refractivity (Wildman–Crippen MR) is 63.4 cm³/mol. The molecule has 0 aromatic carbocycles. The number of nitrogens with zero attached hydrogens (tertiary/aromatic N) is 2. The van der Waals surface area contributed by atoms with Crippen molar-refractivity contribution in [3.8, 4) is 0 Å². The van der Waals surface area contributed by atoms with Crippen LogP contribution >= 0.6 is 0 Å². The molecule has 1 N–H and O–H groups in total. The summed E-state index contributed by atoms with van der Waals surface area (Å²) in [5.74, 6) is 0.825. The van der Waals surface area contributed by atoms with E-state index in [4.69, 9.17) is 0 Å². The van der Waals surface area contributed by atoms with E-state index in [1.165, 1.54) is 0 Å². The zero-order valence-corrected chi connectivity index (χ0v) is 8.84. The molecule has 0 aliphatic heterocycles. The number of hydrogen-bond acceptors (Lipinski definition) is 3. The van der Waals surface area contributed by atoms with Gasteiger partial charge in [-0.25, -0.2) is 4.98 Å². The molecular weight excluding hydrogens is 202 g/mol. The van der Waals surface area contributed by atoms with Crippen molar-refractivity contribution in [2.24, 2.45) is 0 Å². The molecule has 0 aliphatic rings. The van der Waals surface area contributed by atoms with Gasteiger partial charge in [0.05, 0.1) is 0 Å². The lowest BCUT2D eigenvalue weighted by molar-refractivity contribution is 0.696. The Kier molecular flexibility index (Phi) is 3.33. The molecule has 4 nitrogen and oxygen atoms in total. The van der Waals surface area contributed by atoms with Crippen LogP contribution in [-0.4, -0.2) is 16.1 Å². The molecule has 2 aromatic heterocycles. The fourth-order valence-electron chi connectivity index (χ4n) is 1.42.